The van der Waals surface area contributed by atoms with Crippen molar-refractivity contribution >= 4 is 43.8 Å². The number of rotatable bonds is 3. The quantitative estimate of drug-likeness (QED) is 0.510. The van der Waals surface area contributed by atoms with E-state index in [1.165, 1.54) is 0 Å². The molecule has 0 aromatic carbocycles. The van der Waals surface area contributed by atoms with Crippen molar-refractivity contribution in [1.29, 1.82) is 0 Å². The van der Waals surface area contributed by atoms with Gasteiger partial charge in [0.15, 0.2) is 0 Å². The van der Waals surface area contributed by atoms with Crippen LogP contribution in [0.4, 0.5) is 0 Å². The zero-order valence-corrected chi connectivity index (χ0v) is 19.4. The Labute approximate surface area is 185 Å². The first-order valence-electron chi connectivity index (χ1n) is 9.54. The Morgan fingerprint density at radius 2 is 0.821 bits per heavy atom. The van der Waals surface area contributed by atoms with Crippen LogP contribution in [0.15, 0.2) is 36.5 Å². The Morgan fingerprint density at radius 1 is 0.571 bits per heavy atom. The first kappa shape index (κ1) is 26.5. The van der Waals surface area contributed by atoms with Crippen LogP contribution in [0, 0.1) is 17.8 Å². The van der Waals surface area contributed by atoms with E-state index >= 15 is 0 Å². The number of carboxylic acids is 3. The van der Waals surface area contributed by atoms with E-state index in [1.807, 2.05) is 18.2 Å². The van der Waals surface area contributed by atoms with Gasteiger partial charge in [0, 0.05) is 35.7 Å². The third-order valence-electron chi connectivity index (χ3n) is 4.67. The number of carbonyl (C=O) groups is 3. The molecule has 0 spiro atoms. The molecule has 0 saturated heterocycles. The SMILES string of the molecule is O=C([O-])C1C=CCCC1.O=C([O-])C1C=CCCC1.O=C([O-])C1C=CCCC1.[In+3]. The summed E-state index contributed by atoms with van der Waals surface area (Å²) in [6, 6.07) is 0. The Hall–Kier alpha value is -1.50. The average Bonchev–Trinajstić information content (AvgIpc) is 2.71. The van der Waals surface area contributed by atoms with Gasteiger partial charge in [0.05, 0.1) is 0 Å². The van der Waals surface area contributed by atoms with Gasteiger partial charge in [0.2, 0.25) is 0 Å². The molecule has 3 aliphatic carbocycles. The smallest absolute Gasteiger partial charge is 0.550 e. The molecule has 0 aromatic rings. The second-order valence-electron chi connectivity index (χ2n) is 6.85. The molecule has 0 heterocycles. The zero-order valence-electron chi connectivity index (χ0n) is 16.1. The maximum atomic E-state index is 10.2. The monoisotopic (exact) mass is 490 g/mol. The second kappa shape index (κ2) is 15.4. The minimum Gasteiger partial charge on any atom is -0.550 e. The van der Waals surface area contributed by atoms with Gasteiger partial charge in [0.1, 0.15) is 0 Å². The fourth-order valence-electron chi connectivity index (χ4n) is 3.03. The van der Waals surface area contributed by atoms with Gasteiger partial charge >= 0.3 is 25.8 Å². The van der Waals surface area contributed by atoms with Crippen LogP contribution < -0.4 is 15.3 Å². The first-order chi connectivity index (χ1) is 12.9. The van der Waals surface area contributed by atoms with Crippen LogP contribution in [0.2, 0.25) is 0 Å². The van der Waals surface area contributed by atoms with Gasteiger partial charge in [0.25, 0.3) is 0 Å². The van der Waals surface area contributed by atoms with Crippen molar-refractivity contribution in [3.8, 4) is 0 Å². The van der Waals surface area contributed by atoms with E-state index in [1.54, 1.807) is 18.2 Å². The zero-order chi connectivity index (χ0) is 20.1. The van der Waals surface area contributed by atoms with Gasteiger partial charge in [-0.05, 0) is 57.8 Å². The molecule has 0 amide bonds. The van der Waals surface area contributed by atoms with Gasteiger partial charge in [-0.1, -0.05) is 36.5 Å². The molecule has 3 unspecified atom stereocenters. The maximum absolute atomic E-state index is 10.2. The second-order valence-corrected chi connectivity index (χ2v) is 6.85. The number of carboxylic acid groups (broad SMARTS) is 3. The topological polar surface area (TPSA) is 120 Å². The summed E-state index contributed by atoms with van der Waals surface area (Å²) >= 11 is 0. The summed E-state index contributed by atoms with van der Waals surface area (Å²) in [5, 5.41) is 30.6. The number of carbonyl (C=O) groups excluding carboxylic acids is 3. The predicted molar refractivity (Wildman–Crippen MR) is 100 cm³/mol. The van der Waals surface area contributed by atoms with Crippen LogP contribution in [0.3, 0.4) is 0 Å². The summed E-state index contributed by atoms with van der Waals surface area (Å²) in [4.78, 5) is 30.6. The molecule has 3 aliphatic rings. The largest absolute Gasteiger partial charge is 3.00 e. The average molecular weight is 490 g/mol. The van der Waals surface area contributed by atoms with Crippen molar-refractivity contribution in [3.63, 3.8) is 0 Å². The summed E-state index contributed by atoms with van der Waals surface area (Å²) < 4.78 is 0. The molecule has 150 valence electrons. The van der Waals surface area contributed by atoms with Crippen LogP contribution in [-0.4, -0.2) is 43.8 Å². The molecular formula is C21H27InO6. The molecule has 7 heteroatoms. The fraction of sp³-hybridized carbons (Fsp3) is 0.571. The van der Waals surface area contributed by atoms with E-state index in [0.717, 1.165) is 57.8 Å². The molecule has 0 saturated carbocycles. The number of hydrogen-bond acceptors (Lipinski definition) is 6. The van der Waals surface area contributed by atoms with Crippen molar-refractivity contribution in [2.45, 2.75) is 57.8 Å². The molecule has 6 nitrogen and oxygen atoms in total. The van der Waals surface area contributed by atoms with E-state index in [2.05, 4.69) is 0 Å². The van der Waals surface area contributed by atoms with Crippen LogP contribution in [0.25, 0.3) is 0 Å². The van der Waals surface area contributed by atoms with Gasteiger partial charge in [-0.25, -0.2) is 0 Å². The number of hydrogen-bond donors (Lipinski definition) is 0. The van der Waals surface area contributed by atoms with E-state index < -0.39 is 17.9 Å². The van der Waals surface area contributed by atoms with Crippen molar-refractivity contribution in [1.82, 2.24) is 0 Å². The molecule has 3 rings (SSSR count). The fourth-order valence-corrected chi connectivity index (χ4v) is 3.03. The normalized spacial score (nSPS) is 25.1. The van der Waals surface area contributed by atoms with E-state index in [9.17, 15) is 29.7 Å². The summed E-state index contributed by atoms with van der Waals surface area (Å²) in [5.74, 6) is -3.78. The summed E-state index contributed by atoms with van der Waals surface area (Å²) in [6.07, 6.45) is 19.1. The number of aliphatic carboxylic acids is 3. The standard InChI is InChI=1S/3C7H10O2.In/c3*8-7(9)6-4-2-1-3-5-6;/h3*2,4,6H,1,3,5H2,(H,8,9);/q;;;+3/p-3. The molecule has 0 N–H and O–H groups in total. The van der Waals surface area contributed by atoms with E-state index in [-0.39, 0.29) is 43.6 Å². The number of allylic oxidation sites excluding steroid dienone is 3. The Morgan fingerprint density at radius 3 is 0.929 bits per heavy atom. The van der Waals surface area contributed by atoms with E-state index in [4.69, 9.17) is 0 Å². The van der Waals surface area contributed by atoms with Gasteiger partial charge in [-0.3, -0.25) is 0 Å². The first-order valence-corrected chi connectivity index (χ1v) is 9.54. The third-order valence-corrected chi connectivity index (χ3v) is 4.67. The Bertz CT molecular complexity index is 501. The van der Waals surface area contributed by atoms with Gasteiger partial charge in [-0.15, -0.1) is 0 Å². The molecule has 0 radical (unpaired) electrons. The van der Waals surface area contributed by atoms with Crippen molar-refractivity contribution < 1.29 is 29.7 Å². The summed E-state index contributed by atoms with van der Waals surface area (Å²) in [7, 11) is 0. The molecule has 0 aliphatic heterocycles. The third kappa shape index (κ3) is 11.4. The molecule has 0 fully saturated rings. The predicted octanol–water partition coefficient (Wildman–Crippen LogP) is -0.103. The van der Waals surface area contributed by atoms with Crippen LogP contribution in [0.1, 0.15) is 57.8 Å². The van der Waals surface area contributed by atoms with Gasteiger partial charge < -0.3 is 29.7 Å². The van der Waals surface area contributed by atoms with Crippen molar-refractivity contribution in [2.75, 3.05) is 0 Å². The van der Waals surface area contributed by atoms with E-state index in [0.29, 0.717) is 0 Å². The summed E-state index contributed by atoms with van der Waals surface area (Å²) in [6.45, 7) is 0. The van der Waals surface area contributed by atoms with Crippen LogP contribution >= 0.6 is 0 Å². The van der Waals surface area contributed by atoms with Crippen LogP contribution in [-0.2, 0) is 14.4 Å². The van der Waals surface area contributed by atoms with Crippen molar-refractivity contribution in [3.05, 3.63) is 36.5 Å². The minimum atomic E-state index is -0.939. The Kier molecular flexibility index (Phi) is 14.6. The Balaban J connectivity index is 0.000000384. The molecule has 3 atom stereocenters. The summed E-state index contributed by atoms with van der Waals surface area (Å²) in [5.41, 5.74) is 0. The molecule has 28 heavy (non-hydrogen) atoms. The van der Waals surface area contributed by atoms with Crippen LogP contribution in [0.5, 0.6) is 0 Å². The molecular weight excluding hydrogens is 463 g/mol. The molecule has 0 bridgehead atoms. The van der Waals surface area contributed by atoms with Gasteiger partial charge in [-0.2, -0.15) is 0 Å². The minimum absolute atomic E-state index is 0. The van der Waals surface area contributed by atoms with Crippen molar-refractivity contribution in [2.24, 2.45) is 17.8 Å². The maximum Gasteiger partial charge on any atom is 3.00 e. The molecule has 0 aromatic heterocycles.